The van der Waals surface area contributed by atoms with Crippen LogP contribution in [-0.4, -0.2) is 6.61 Å². The Bertz CT molecular complexity index is 582. The molecular weight excluding hydrogens is 265 g/mol. The van der Waals surface area contributed by atoms with Crippen LogP contribution in [0.4, 0.5) is 4.39 Å². The molecule has 0 saturated heterocycles. The number of para-hydroxylation sites is 1. The molecule has 1 unspecified atom stereocenters. The lowest BCUT2D eigenvalue weighted by atomic mass is 10.1. The van der Waals surface area contributed by atoms with Crippen molar-refractivity contribution in [2.75, 3.05) is 6.61 Å². The number of hydrogen-bond acceptors (Lipinski definition) is 2. The van der Waals surface area contributed by atoms with Gasteiger partial charge in [0.15, 0.2) is 0 Å². The van der Waals surface area contributed by atoms with Crippen LogP contribution >= 0.6 is 11.6 Å². The maximum absolute atomic E-state index is 13.7. The van der Waals surface area contributed by atoms with Crippen LogP contribution in [0.25, 0.3) is 0 Å². The van der Waals surface area contributed by atoms with Crippen LogP contribution in [-0.2, 0) is 6.54 Å². The zero-order valence-corrected chi connectivity index (χ0v) is 11.0. The van der Waals surface area contributed by atoms with Gasteiger partial charge in [-0.25, -0.2) is 4.39 Å². The van der Waals surface area contributed by atoms with E-state index in [0.717, 1.165) is 11.3 Å². The van der Waals surface area contributed by atoms with Crippen LogP contribution in [0, 0.1) is 5.82 Å². The third kappa shape index (κ3) is 2.44. The lowest BCUT2D eigenvalue weighted by Crippen LogP contribution is -2.22. The molecule has 0 aliphatic carbocycles. The predicted molar refractivity (Wildman–Crippen MR) is 72.9 cm³/mol. The molecule has 0 spiro atoms. The second-order valence-corrected chi connectivity index (χ2v) is 4.89. The van der Waals surface area contributed by atoms with Gasteiger partial charge >= 0.3 is 0 Å². The van der Waals surface area contributed by atoms with Gasteiger partial charge < -0.3 is 10.1 Å². The molecule has 1 heterocycles. The SMILES string of the molecule is Fc1cccc(Cl)c1CNC1COc2ccccc21. The molecule has 1 N–H and O–H groups in total. The van der Waals surface area contributed by atoms with Gasteiger partial charge in [-0.05, 0) is 18.2 Å². The van der Waals surface area contributed by atoms with Gasteiger partial charge in [-0.1, -0.05) is 35.9 Å². The van der Waals surface area contributed by atoms with E-state index in [2.05, 4.69) is 5.32 Å². The maximum atomic E-state index is 13.7. The maximum Gasteiger partial charge on any atom is 0.129 e. The summed E-state index contributed by atoms with van der Waals surface area (Å²) in [4.78, 5) is 0. The number of ether oxygens (including phenoxy) is 1. The van der Waals surface area contributed by atoms with Crippen LogP contribution in [0.3, 0.4) is 0 Å². The standard InChI is InChI=1S/C15H13ClFNO/c16-12-5-3-6-13(17)11(12)8-18-14-9-19-15-7-2-1-4-10(14)15/h1-7,14,18H,8-9H2. The highest BCUT2D eigenvalue weighted by molar-refractivity contribution is 6.31. The normalized spacial score (nSPS) is 17.1. The Hall–Kier alpha value is -1.58. The molecule has 0 fully saturated rings. The molecule has 2 aromatic rings. The summed E-state index contributed by atoms with van der Waals surface area (Å²) < 4.78 is 19.2. The minimum Gasteiger partial charge on any atom is -0.491 e. The van der Waals surface area contributed by atoms with Crippen molar-refractivity contribution in [3.63, 3.8) is 0 Å². The lowest BCUT2D eigenvalue weighted by Gasteiger charge is -2.13. The molecule has 0 saturated carbocycles. The molecule has 0 amide bonds. The predicted octanol–water partition coefficient (Wildman–Crippen LogP) is 3.70. The lowest BCUT2D eigenvalue weighted by molar-refractivity contribution is 0.310. The molecule has 3 rings (SSSR count). The van der Waals surface area contributed by atoms with E-state index in [4.69, 9.17) is 16.3 Å². The fraction of sp³-hybridized carbons (Fsp3) is 0.200. The molecule has 1 atom stereocenters. The average molecular weight is 278 g/mol. The van der Waals surface area contributed by atoms with Gasteiger partial charge in [-0.2, -0.15) is 0 Å². The van der Waals surface area contributed by atoms with Crippen LogP contribution in [0.5, 0.6) is 5.75 Å². The summed E-state index contributed by atoms with van der Waals surface area (Å²) in [6.07, 6.45) is 0. The highest BCUT2D eigenvalue weighted by Gasteiger charge is 2.23. The van der Waals surface area contributed by atoms with E-state index < -0.39 is 0 Å². The van der Waals surface area contributed by atoms with E-state index in [0.29, 0.717) is 23.7 Å². The number of halogens is 2. The first-order valence-electron chi connectivity index (χ1n) is 6.13. The number of fused-ring (bicyclic) bond motifs is 1. The fourth-order valence-corrected chi connectivity index (χ4v) is 2.49. The second-order valence-electron chi connectivity index (χ2n) is 4.48. The van der Waals surface area contributed by atoms with Crippen molar-refractivity contribution in [3.8, 4) is 5.75 Å². The Kier molecular flexibility index (Phi) is 3.40. The van der Waals surface area contributed by atoms with Gasteiger partial charge in [0.1, 0.15) is 18.2 Å². The van der Waals surface area contributed by atoms with Crippen molar-refractivity contribution < 1.29 is 9.13 Å². The fourth-order valence-electron chi connectivity index (χ4n) is 2.26. The zero-order chi connectivity index (χ0) is 13.2. The molecule has 19 heavy (non-hydrogen) atoms. The van der Waals surface area contributed by atoms with E-state index in [1.165, 1.54) is 6.07 Å². The molecule has 1 aliphatic heterocycles. The van der Waals surface area contributed by atoms with E-state index in [1.807, 2.05) is 24.3 Å². The van der Waals surface area contributed by atoms with Crippen molar-refractivity contribution >= 4 is 11.6 Å². The summed E-state index contributed by atoms with van der Waals surface area (Å²) in [6, 6.07) is 12.7. The minimum atomic E-state index is -0.285. The van der Waals surface area contributed by atoms with Crippen LogP contribution in [0.2, 0.25) is 5.02 Å². The second kappa shape index (κ2) is 5.19. The van der Waals surface area contributed by atoms with Crippen molar-refractivity contribution in [1.82, 2.24) is 5.32 Å². The monoisotopic (exact) mass is 277 g/mol. The van der Waals surface area contributed by atoms with Gasteiger partial charge in [0.2, 0.25) is 0 Å². The zero-order valence-electron chi connectivity index (χ0n) is 10.2. The molecular formula is C15H13ClFNO. The first-order chi connectivity index (χ1) is 9.25. The molecule has 0 bridgehead atoms. The molecule has 2 aromatic carbocycles. The Morgan fingerprint density at radius 1 is 1.21 bits per heavy atom. The highest BCUT2D eigenvalue weighted by atomic mass is 35.5. The van der Waals surface area contributed by atoms with E-state index in [1.54, 1.807) is 12.1 Å². The van der Waals surface area contributed by atoms with Crippen molar-refractivity contribution in [1.29, 1.82) is 0 Å². The van der Waals surface area contributed by atoms with Crippen LogP contribution in [0.1, 0.15) is 17.2 Å². The van der Waals surface area contributed by atoms with E-state index >= 15 is 0 Å². The first kappa shape index (κ1) is 12.5. The van der Waals surface area contributed by atoms with Crippen LogP contribution in [0.15, 0.2) is 42.5 Å². The third-order valence-electron chi connectivity index (χ3n) is 3.29. The Labute approximate surface area is 116 Å². The quantitative estimate of drug-likeness (QED) is 0.924. The van der Waals surface area contributed by atoms with Crippen molar-refractivity contribution in [2.24, 2.45) is 0 Å². The largest absolute Gasteiger partial charge is 0.491 e. The van der Waals surface area contributed by atoms with Crippen molar-refractivity contribution in [2.45, 2.75) is 12.6 Å². The topological polar surface area (TPSA) is 21.3 Å². The Balaban J connectivity index is 1.75. The first-order valence-corrected chi connectivity index (χ1v) is 6.51. The molecule has 1 aliphatic rings. The highest BCUT2D eigenvalue weighted by Crippen LogP contribution is 2.32. The molecule has 4 heteroatoms. The third-order valence-corrected chi connectivity index (χ3v) is 3.64. The number of hydrogen-bond donors (Lipinski definition) is 1. The summed E-state index contributed by atoms with van der Waals surface area (Å²) in [6.45, 7) is 0.944. The number of rotatable bonds is 3. The summed E-state index contributed by atoms with van der Waals surface area (Å²) in [5.74, 6) is 0.604. The Morgan fingerprint density at radius 3 is 2.89 bits per heavy atom. The van der Waals surface area contributed by atoms with E-state index in [-0.39, 0.29) is 11.9 Å². The van der Waals surface area contributed by atoms with Crippen molar-refractivity contribution in [3.05, 3.63) is 64.4 Å². The summed E-state index contributed by atoms with van der Waals surface area (Å²) in [7, 11) is 0. The van der Waals surface area contributed by atoms with Gasteiger partial charge in [-0.3, -0.25) is 0 Å². The van der Waals surface area contributed by atoms with Gasteiger partial charge in [-0.15, -0.1) is 0 Å². The smallest absolute Gasteiger partial charge is 0.129 e. The van der Waals surface area contributed by atoms with Gasteiger partial charge in [0.05, 0.1) is 6.04 Å². The molecule has 0 aromatic heterocycles. The summed E-state index contributed by atoms with van der Waals surface area (Å²) in [5, 5.41) is 3.73. The summed E-state index contributed by atoms with van der Waals surface area (Å²) in [5.41, 5.74) is 1.60. The van der Waals surface area contributed by atoms with Gasteiger partial charge in [0, 0.05) is 22.7 Å². The van der Waals surface area contributed by atoms with E-state index in [9.17, 15) is 4.39 Å². The molecule has 0 radical (unpaired) electrons. The number of nitrogens with one attached hydrogen (secondary N) is 1. The molecule has 2 nitrogen and oxygen atoms in total. The van der Waals surface area contributed by atoms with Crippen LogP contribution < -0.4 is 10.1 Å². The average Bonchev–Trinajstić information content (AvgIpc) is 2.82. The Morgan fingerprint density at radius 2 is 2.05 bits per heavy atom. The minimum absolute atomic E-state index is 0.0758. The molecule has 98 valence electrons. The number of benzene rings is 2. The summed E-state index contributed by atoms with van der Waals surface area (Å²) >= 11 is 6.00. The van der Waals surface area contributed by atoms with Gasteiger partial charge in [0.25, 0.3) is 0 Å².